The summed E-state index contributed by atoms with van der Waals surface area (Å²) >= 11 is 0. The molecule has 1 aromatic heterocycles. The smallest absolute Gasteiger partial charge is 0.215 e. The first-order chi connectivity index (χ1) is 15.9. The molecule has 0 atom stereocenters. The van der Waals surface area contributed by atoms with Crippen LogP contribution in [0.2, 0.25) is 2.82 Å². The molecule has 2 N–H and O–H groups in total. The van der Waals surface area contributed by atoms with Crippen molar-refractivity contribution in [3.63, 3.8) is 0 Å². The van der Waals surface area contributed by atoms with Crippen molar-refractivity contribution in [3.8, 4) is 0 Å². The predicted molar refractivity (Wildman–Crippen MR) is 82.2 cm³/mol. The second-order valence-corrected chi connectivity index (χ2v) is 5.16. The Hall–Kier alpha value is -1.37. The summed E-state index contributed by atoms with van der Waals surface area (Å²) < 4.78 is 147. The number of aromatic amines is 1. The molecule has 0 saturated heterocycles. The number of aromatic nitrogens is 1. The van der Waals surface area contributed by atoms with Crippen LogP contribution >= 0.6 is 0 Å². The average Bonchev–Trinajstić information content (AvgIpc) is 2.99. The van der Waals surface area contributed by atoms with Crippen LogP contribution in [-0.4, -0.2) is 45.8 Å². The Labute approximate surface area is 142 Å². The van der Waals surface area contributed by atoms with E-state index >= 15 is 0 Å². The van der Waals surface area contributed by atoms with Crippen LogP contribution in [0.5, 0.6) is 0 Å². The predicted octanol–water partition coefficient (Wildman–Crippen LogP) is 1.32. The quantitative estimate of drug-likeness (QED) is 0.845. The second-order valence-electron chi connectivity index (χ2n) is 3.83. The lowest BCUT2D eigenvalue weighted by molar-refractivity contribution is 0.414. The number of fused-ring (bicyclic) bond motifs is 1. The highest BCUT2D eigenvalue weighted by Crippen LogP contribution is 2.21. The van der Waals surface area contributed by atoms with Crippen LogP contribution < -0.4 is 4.72 Å². The summed E-state index contributed by atoms with van der Waals surface area (Å²) in [7, 11) is -5.71. The van der Waals surface area contributed by atoms with E-state index in [1.54, 1.807) is 0 Å². The molecule has 0 aliphatic rings. The zero-order chi connectivity index (χ0) is 28.4. The number of rotatable bonds is 6. The molecule has 0 aliphatic carbocycles. The molecule has 0 spiro atoms. The lowest BCUT2D eigenvalue weighted by Crippen LogP contribution is -2.20. The van der Waals surface area contributed by atoms with E-state index in [0.717, 1.165) is 6.20 Å². The lowest BCUT2D eigenvalue weighted by atomic mass is 10.1. The lowest BCUT2D eigenvalue weighted by Gasteiger charge is -2.08. The van der Waals surface area contributed by atoms with Gasteiger partial charge in [-0.2, -0.15) is 0 Å². The van der Waals surface area contributed by atoms with Gasteiger partial charge in [0, 0.05) is 38.7 Å². The fraction of sp³-hybridized carbons (Fsp3) is 0.429. The molecule has 110 valence electrons. The second kappa shape index (κ2) is 5.95. The SMILES string of the molecule is [2H]c1c(C([2H])([2H])S(=O)(=O)N([2H])C([2H])([2H])[2H])c([2H])c2c(CCN(C([2H])([2H])[2H])C([2H])([2H])[2H])cn([2H])c2c1[2H]. The first kappa shape index (κ1) is 4.56. The normalized spacial score (nSPS) is 26.9. The van der Waals surface area contributed by atoms with Gasteiger partial charge >= 0.3 is 0 Å². The van der Waals surface area contributed by atoms with E-state index in [1.807, 2.05) is 0 Å². The maximum Gasteiger partial charge on any atom is 0.215 e. The molecule has 0 amide bonds. The molecule has 0 fully saturated rings. The van der Waals surface area contributed by atoms with Crippen LogP contribution in [0.25, 0.3) is 10.9 Å². The Kier molecular flexibility index (Phi) is 1.36. The zero-order valence-corrected chi connectivity index (χ0v) is 10.9. The van der Waals surface area contributed by atoms with Gasteiger partial charge in [-0.15, -0.1) is 0 Å². The minimum Gasteiger partial charge on any atom is -0.361 e. The van der Waals surface area contributed by atoms with Crippen LogP contribution in [0.4, 0.5) is 0 Å². The number of likely N-dealkylation sites (N-methyl/N-ethyl adjacent to an activating group) is 1. The Balaban J connectivity index is 2.79. The van der Waals surface area contributed by atoms with E-state index in [9.17, 15) is 8.42 Å². The van der Waals surface area contributed by atoms with Crippen LogP contribution in [0.3, 0.4) is 0 Å². The topological polar surface area (TPSA) is 65.2 Å². The third-order valence-corrected chi connectivity index (χ3v) is 3.12. The summed E-state index contributed by atoms with van der Waals surface area (Å²) in [5.74, 6) is 0. The van der Waals surface area contributed by atoms with E-state index in [1.165, 1.54) is 0 Å². The van der Waals surface area contributed by atoms with Crippen molar-refractivity contribution < 1.29 is 30.4 Å². The average molecular weight is 312 g/mol. The van der Waals surface area contributed by atoms with Crippen molar-refractivity contribution in [1.29, 1.82) is 0 Å². The van der Waals surface area contributed by atoms with E-state index < -0.39 is 88.9 Å². The van der Waals surface area contributed by atoms with Crippen molar-refractivity contribution in [2.75, 3.05) is 27.5 Å². The van der Waals surface area contributed by atoms with Gasteiger partial charge in [0.15, 0.2) is 1.41 Å². The van der Waals surface area contributed by atoms with Gasteiger partial charge in [0.1, 0.15) is 1.41 Å². The summed E-state index contributed by atoms with van der Waals surface area (Å²) in [5.41, 5.74) is -5.68. The minimum atomic E-state index is -5.71. The highest BCUT2D eigenvalue weighted by Gasteiger charge is 2.11. The standard InChI is InChI=1S/C14H21N3O2S/c1-15-20(18,19)10-11-4-5-14-13(8-11)12(9-16-14)6-7-17(2)3/h4-5,8-9,15-16H,6-7,10H2,1-3H3/i1D3,2D3,3D3,4D,5D,8D,10D2/hD2. The summed E-state index contributed by atoms with van der Waals surface area (Å²) in [5, 5.41) is -0.429. The third kappa shape index (κ3) is 3.59. The highest BCUT2D eigenvalue weighted by atomic mass is 32.2. The Morgan fingerprint density at radius 2 is 2.45 bits per heavy atom. The highest BCUT2D eigenvalue weighted by molar-refractivity contribution is 7.88. The summed E-state index contributed by atoms with van der Waals surface area (Å²) in [6, 6.07) is -3.07. The van der Waals surface area contributed by atoms with Crippen molar-refractivity contribution >= 4 is 20.9 Å². The molecule has 6 heteroatoms. The van der Waals surface area contributed by atoms with E-state index in [-0.39, 0.29) is 10.5 Å². The summed E-state index contributed by atoms with van der Waals surface area (Å²) in [6.45, 7) is -10.4. The molecular weight excluding hydrogens is 274 g/mol. The molecule has 0 radical (unpaired) electrons. The Bertz CT molecular complexity index is 1250. The number of sulfonamides is 1. The van der Waals surface area contributed by atoms with Crippen molar-refractivity contribution in [3.05, 3.63) is 35.5 Å². The number of nitrogens with zero attached hydrogens (tertiary/aromatic N) is 1. The Morgan fingerprint density at radius 1 is 1.60 bits per heavy atom. The molecule has 1 aromatic carbocycles. The number of benzene rings is 1. The molecular formula is C14H21N3O2S. The maximum absolute atomic E-state index is 12.7. The first-order valence-corrected chi connectivity index (χ1v) is 6.77. The maximum atomic E-state index is 12.7. The minimum absolute atomic E-state index is 0.120. The first-order valence-electron chi connectivity index (χ1n) is 13.2. The van der Waals surface area contributed by atoms with Gasteiger partial charge in [-0.1, -0.05) is 6.04 Å². The van der Waals surface area contributed by atoms with Gasteiger partial charge in [0.2, 0.25) is 10.0 Å². The number of nitrogens with one attached hydrogen (secondary N) is 2. The molecule has 2 rings (SSSR count). The van der Waals surface area contributed by atoms with Gasteiger partial charge in [-0.3, -0.25) is 0 Å². The van der Waals surface area contributed by atoms with Crippen molar-refractivity contribution in [1.82, 2.24) is 14.6 Å². The van der Waals surface area contributed by atoms with Crippen molar-refractivity contribution in [2.24, 2.45) is 0 Å². The monoisotopic (exact) mass is 311 g/mol. The van der Waals surface area contributed by atoms with Crippen LogP contribution in [0, 0.1) is 0 Å². The third-order valence-electron chi connectivity index (χ3n) is 2.42. The number of hydrogen-bond donors (Lipinski definition) is 2. The molecule has 0 bridgehead atoms. The molecule has 5 nitrogen and oxygen atoms in total. The van der Waals surface area contributed by atoms with E-state index in [0.29, 0.717) is 4.98 Å². The van der Waals surface area contributed by atoms with Crippen LogP contribution in [0.1, 0.15) is 30.3 Å². The fourth-order valence-electron chi connectivity index (χ4n) is 1.56. The molecule has 1 heterocycles. The van der Waals surface area contributed by atoms with E-state index in [2.05, 4.69) is 0 Å². The van der Waals surface area contributed by atoms with Gasteiger partial charge < -0.3 is 9.88 Å². The summed E-state index contributed by atoms with van der Waals surface area (Å²) in [4.78, 5) is 0.710. The molecule has 0 unspecified atom stereocenters. The van der Waals surface area contributed by atoms with Gasteiger partial charge in [0.05, 0.1) is 9.82 Å². The molecule has 0 saturated carbocycles. The van der Waals surface area contributed by atoms with E-state index in [4.69, 9.17) is 22.0 Å². The van der Waals surface area contributed by atoms with Crippen LogP contribution in [0.15, 0.2) is 24.3 Å². The molecule has 20 heavy (non-hydrogen) atoms. The van der Waals surface area contributed by atoms with Gasteiger partial charge in [-0.05, 0) is 50.6 Å². The van der Waals surface area contributed by atoms with Crippen LogP contribution in [-0.2, 0) is 22.1 Å². The fourth-order valence-corrected chi connectivity index (χ4v) is 1.97. The van der Waals surface area contributed by atoms with Gasteiger partial charge in [-0.25, -0.2) is 13.1 Å². The molecule has 2 aromatic rings. The largest absolute Gasteiger partial charge is 0.361 e. The number of hydrogen-bond acceptors (Lipinski definition) is 3. The summed E-state index contributed by atoms with van der Waals surface area (Å²) in [6.07, 6.45) is 0.529. The number of H-pyrrole nitrogens is 1. The molecule has 0 aliphatic heterocycles. The van der Waals surface area contributed by atoms with Gasteiger partial charge in [0.25, 0.3) is 0 Å². The Morgan fingerprint density at radius 3 is 3.20 bits per heavy atom. The zero-order valence-electron chi connectivity index (χ0n) is 26.1. The van der Waals surface area contributed by atoms with Crippen molar-refractivity contribution in [2.45, 2.75) is 12.1 Å².